The van der Waals surface area contributed by atoms with Crippen LogP contribution in [0, 0.1) is 6.92 Å². The Kier molecular flexibility index (Phi) is 8.98. The predicted octanol–water partition coefficient (Wildman–Crippen LogP) is 3.27. The summed E-state index contributed by atoms with van der Waals surface area (Å²) < 4.78 is 35.8. The molecule has 0 atom stereocenters. The highest BCUT2D eigenvalue weighted by molar-refractivity contribution is 7.90. The first kappa shape index (κ1) is 23.5. The number of carbonyl (C=O) groups excluding carboxylic acids is 2. The van der Waals surface area contributed by atoms with Gasteiger partial charge >= 0.3 is 12.2 Å². The van der Waals surface area contributed by atoms with Gasteiger partial charge in [0.25, 0.3) is 10.0 Å². The van der Waals surface area contributed by atoms with E-state index in [9.17, 15) is 18.0 Å². The molecule has 0 saturated heterocycles. The maximum atomic E-state index is 12.0. The highest BCUT2D eigenvalue weighted by Crippen LogP contribution is 2.10. The van der Waals surface area contributed by atoms with E-state index in [0.717, 1.165) is 5.56 Å². The molecule has 0 aliphatic rings. The van der Waals surface area contributed by atoms with Crippen molar-refractivity contribution in [3.8, 4) is 0 Å². The Labute approximate surface area is 166 Å². The third-order valence-electron chi connectivity index (χ3n) is 3.24. The van der Waals surface area contributed by atoms with Gasteiger partial charge in [-0.2, -0.15) is 0 Å². The molecule has 0 heterocycles. The van der Waals surface area contributed by atoms with E-state index in [0.29, 0.717) is 19.4 Å². The van der Waals surface area contributed by atoms with E-state index in [1.54, 1.807) is 45.1 Å². The molecule has 0 radical (unpaired) electrons. The predicted molar refractivity (Wildman–Crippen MR) is 105 cm³/mol. The molecule has 2 N–H and O–H groups in total. The topological polar surface area (TPSA) is 111 Å². The van der Waals surface area contributed by atoms with Crippen molar-refractivity contribution in [3.63, 3.8) is 0 Å². The number of unbranched alkanes of at least 4 members (excludes halogenated alkanes) is 1. The number of carbonyl (C=O) groups is 2. The molecule has 0 aliphatic heterocycles. The molecule has 9 heteroatoms. The molecule has 8 nitrogen and oxygen atoms in total. The number of sulfonamides is 1. The summed E-state index contributed by atoms with van der Waals surface area (Å²) in [6.07, 6.45) is 3.21. The molecular formula is C19H28N2O6S. The van der Waals surface area contributed by atoms with Gasteiger partial charge in [-0.15, -0.1) is 0 Å². The zero-order valence-corrected chi connectivity index (χ0v) is 17.5. The fourth-order valence-electron chi connectivity index (χ4n) is 1.95. The zero-order valence-electron chi connectivity index (χ0n) is 16.7. The number of amides is 2. The van der Waals surface area contributed by atoms with Gasteiger partial charge in [-0.05, 0) is 52.7 Å². The van der Waals surface area contributed by atoms with Crippen LogP contribution in [-0.2, 0) is 19.5 Å². The Morgan fingerprint density at radius 3 is 2.32 bits per heavy atom. The van der Waals surface area contributed by atoms with Crippen molar-refractivity contribution in [1.29, 1.82) is 0 Å². The second kappa shape index (κ2) is 10.7. The van der Waals surface area contributed by atoms with Crippen LogP contribution in [0.4, 0.5) is 9.59 Å². The number of benzene rings is 1. The van der Waals surface area contributed by atoms with Crippen molar-refractivity contribution < 1.29 is 27.5 Å². The zero-order chi connectivity index (χ0) is 21.2. The Balaban J connectivity index is 2.22. The number of allylic oxidation sites excluding steroid dienone is 1. The van der Waals surface area contributed by atoms with E-state index in [1.165, 1.54) is 12.1 Å². The van der Waals surface area contributed by atoms with E-state index in [-0.39, 0.29) is 11.5 Å². The first-order valence-electron chi connectivity index (χ1n) is 8.88. The molecule has 28 heavy (non-hydrogen) atoms. The molecule has 156 valence electrons. The largest absolute Gasteiger partial charge is 0.445 e. The highest BCUT2D eigenvalue weighted by Gasteiger charge is 2.18. The number of aryl methyl sites for hydroxylation is 1. The van der Waals surface area contributed by atoms with Gasteiger partial charge in [-0.3, -0.25) is 0 Å². The maximum Gasteiger partial charge on any atom is 0.421 e. The fraction of sp³-hybridized carbons (Fsp3) is 0.474. The van der Waals surface area contributed by atoms with Crippen molar-refractivity contribution in [2.75, 3.05) is 13.2 Å². The third-order valence-corrected chi connectivity index (χ3v) is 4.57. The normalized spacial score (nSPS) is 11.9. The van der Waals surface area contributed by atoms with Gasteiger partial charge in [0.15, 0.2) is 0 Å². The first-order chi connectivity index (χ1) is 13.0. The smallest absolute Gasteiger partial charge is 0.421 e. The van der Waals surface area contributed by atoms with Crippen molar-refractivity contribution in [2.24, 2.45) is 0 Å². The molecule has 0 unspecified atom stereocenters. The van der Waals surface area contributed by atoms with Gasteiger partial charge in [-0.25, -0.2) is 22.7 Å². The molecule has 0 fully saturated rings. The van der Waals surface area contributed by atoms with E-state index in [2.05, 4.69) is 5.32 Å². The molecule has 1 aromatic carbocycles. The summed E-state index contributed by atoms with van der Waals surface area (Å²) in [4.78, 5) is 23.0. The minimum Gasteiger partial charge on any atom is -0.445 e. The fourth-order valence-corrected chi connectivity index (χ4v) is 2.84. The molecule has 0 aliphatic carbocycles. The molecule has 1 rings (SSSR count). The van der Waals surface area contributed by atoms with Crippen LogP contribution in [-0.4, -0.2) is 39.4 Å². The summed E-state index contributed by atoms with van der Waals surface area (Å²) in [7, 11) is -3.95. The number of hydrogen-bond donors (Lipinski definition) is 2. The molecule has 0 bridgehead atoms. The van der Waals surface area contributed by atoms with E-state index < -0.39 is 27.8 Å². The molecule has 0 saturated carbocycles. The number of hydrogen-bond acceptors (Lipinski definition) is 6. The molecular weight excluding hydrogens is 384 g/mol. The summed E-state index contributed by atoms with van der Waals surface area (Å²) in [5.74, 6) is 0. The minimum atomic E-state index is -3.95. The average Bonchev–Trinajstić information content (AvgIpc) is 2.55. The van der Waals surface area contributed by atoms with Crippen LogP contribution in [0.15, 0.2) is 41.3 Å². The SMILES string of the molecule is Cc1ccc(S(=O)(=O)NC(=O)OC/C=C\CCCNC(=O)OC(C)(C)C)cc1. The Bertz CT molecular complexity index is 780. The van der Waals surface area contributed by atoms with Gasteiger partial charge in [0, 0.05) is 6.54 Å². The second-order valence-electron chi connectivity index (χ2n) is 7.06. The lowest BCUT2D eigenvalue weighted by Crippen LogP contribution is -2.32. The summed E-state index contributed by atoms with van der Waals surface area (Å²) in [5.41, 5.74) is 0.377. The van der Waals surface area contributed by atoms with Crippen LogP contribution >= 0.6 is 0 Å². The van der Waals surface area contributed by atoms with Crippen LogP contribution in [0.1, 0.15) is 39.2 Å². The molecule has 0 spiro atoms. The lowest BCUT2D eigenvalue weighted by atomic mass is 10.2. The lowest BCUT2D eigenvalue weighted by Gasteiger charge is -2.19. The Morgan fingerprint density at radius 2 is 1.71 bits per heavy atom. The Morgan fingerprint density at radius 1 is 1.07 bits per heavy atom. The molecule has 1 aromatic rings. The molecule has 2 amide bonds. The number of nitrogens with one attached hydrogen (secondary N) is 2. The van der Waals surface area contributed by atoms with Gasteiger partial charge in [0.2, 0.25) is 0 Å². The highest BCUT2D eigenvalue weighted by atomic mass is 32.2. The van der Waals surface area contributed by atoms with Crippen LogP contribution in [0.3, 0.4) is 0 Å². The van der Waals surface area contributed by atoms with Crippen molar-refractivity contribution >= 4 is 22.2 Å². The number of alkyl carbamates (subject to hydrolysis) is 1. The van der Waals surface area contributed by atoms with Crippen molar-refractivity contribution in [3.05, 3.63) is 42.0 Å². The van der Waals surface area contributed by atoms with Crippen LogP contribution < -0.4 is 10.0 Å². The number of ether oxygens (including phenoxy) is 2. The van der Waals surface area contributed by atoms with Gasteiger partial charge in [-0.1, -0.05) is 29.8 Å². The van der Waals surface area contributed by atoms with Crippen molar-refractivity contribution in [2.45, 2.75) is 51.0 Å². The van der Waals surface area contributed by atoms with Gasteiger partial charge in [0.1, 0.15) is 12.2 Å². The van der Waals surface area contributed by atoms with E-state index >= 15 is 0 Å². The minimum absolute atomic E-state index is 0.0110. The summed E-state index contributed by atoms with van der Waals surface area (Å²) in [6, 6.07) is 6.10. The van der Waals surface area contributed by atoms with Crippen LogP contribution in [0.5, 0.6) is 0 Å². The molecule has 0 aromatic heterocycles. The van der Waals surface area contributed by atoms with E-state index in [4.69, 9.17) is 9.47 Å². The summed E-state index contributed by atoms with van der Waals surface area (Å²) in [5, 5.41) is 2.64. The maximum absolute atomic E-state index is 12.0. The quantitative estimate of drug-likeness (QED) is 0.501. The summed E-state index contributed by atoms with van der Waals surface area (Å²) in [6.45, 7) is 7.59. The Hall–Kier alpha value is -2.55. The second-order valence-corrected chi connectivity index (χ2v) is 8.74. The lowest BCUT2D eigenvalue weighted by molar-refractivity contribution is 0.0527. The van der Waals surface area contributed by atoms with Crippen LogP contribution in [0.25, 0.3) is 0 Å². The van der Waals surface area contributed by atoms with Crippen molar-refractivity contribution in [1.82, 2.24) is 10.0 Å². The van der Waals surface area contributed by atoms with Gasteiger partial charge in [0.05, 0.1) is 4.90 Å². The number of rotatable bonds is 8. The van der Waals surface area contributed by atoms with Crippen LogP contribution in [0.2, 0.25) is 0 Å². The van der Waals surface area contributed by atoms with Gasteiger partial charge < -0.3 is 14.8 Å². The summed E-state index contributed by atoms with van der Waals surface area (Å²) >= 11 is 0. The third kappa shape index (κ3) is 9.96. The first-order valence-corrected chi connectivity index (χ1v) is 10.4. The average molecular weight is 413 g/mol. The standard InChI is InChI=1S/C19H28N2O6S/c1-15-9-11-16(12-10-15)28(24,25)21-18(23)26-14-8-6-5-7-13-20-17(22)27-19(2,3)4/h6,8-12H,5,7,13-14H2,1-4H3,(H,20,22)(H,21,23)/b8-6-. The van der Waals surface area contributed by atoms with E-state index in [1.807, 2.05) is 11.6 Å². The monoisotopic (exact) mass is 412 g/mol.